The highest BCUT2D eigenvalue weighted by atomic mass is 16.5. The molecular weight excluding hydrogens is 260 g/mol. The third-order valence-electron chi connectivity index (χ3n) is 2.88. The van der Waals surface area contributed by atoms with Crippen molar-refractivity contribution >= 4 is 5.97 Å². The second-order valence-electron chi connectivity index (χ2n) is 4.65. The third-order valence-corrected chi connectivity index (χ3v) is 2.88. The quantitative estimate of drug-likeness (QED) is 0.527. The third kappa shape index (κ3) is 7.23. The van der Waals surface area contributed by atoms with Crippen molar-refractivity contribution in [3.8, 4) is 0 Å². The van der Waals surface area contributed by atoms with E-state index in [9.17, 15) is 15.0 Å². The average molecular weight is 282 g/mol. The molecule has 0 radical (unpaired) electrons. The predicted octanol–water partition coefficient (Wildman–Crippen LogP) is 1.27. The summed E-state index contributed by atoms with van der Waals surface area (Å²) in [4.78, 5) is 10.9. The highest BCUT2D eigenvalue weighted by molar-refractivity contribution is 5.69. The second kappa shape index (κ2) is 9.47. The van der Waals surface area contributed by atoms with Gasteiger partial charge in [-0.15, -0.1) is 0 Å². The number of hydrogen-bond acceptors (Lipinski definition) is 5. The van der Waals surface area contributed by atoms with Crippen molar-refractivity contribution in [2.24, 2.45) is 0 Å². The van der Waals surface area contributed by atoms with Gasteiger partial charge in [-0.2, -0.15) is 0 Å². The Morgan fingerprint density at radius 3 is 2.55 bits per heavy atom. The lowest BCUT2D eigenvalue weighted by Crippen LogP contribution is -2.22. The monoisotopic (exact) mass is 282 g/mol. The van der Waals surface area contributed by atoms with Crippen LogP contribution in [0.5, 0.6) is 0 Å². The van der Waals surface area contributed by atoms with Gasteiger partial charge in [0, 0.05) is 6.61 Å². The Morgan fingerprint density at radius 1 is 1.20 bits per heavy atom. The van der Waals surface area contributed by atoms with Crippen LogP contribution in [0, 0.1) is 0 Å². The summed E-state index contributed by atoms with van der Waals surface area (Å²) < 4.78 is 9.89. The average Bonchev–Trinajstić information content (AvgIpc) is 2.44. The fraction of sp³-hybridized carbons (Fsp3) is 0.533. The van der Waals surface area contributed by atoms with Crippen molar-refractivity contribution in [2.75, 3.05) is 13.7 Å². The Hall–Kier alpha value is -1.43. The molecule has 0 aliphatic carbocycles. The van der Waals surface area contributed by atoms with Crippen LogP contribution in [0.15, 0.2) is 30.3 Å². The molecule has 0 saturated carbocycles. The van der Waals surface area contributed by atoms with Crippen LogP contribution in [0.1, 0.15) is 24.8 Å². The molecule has 1 rings (SSSR count). The van der Waals surface area contributed by atoms with Gasteiger partial charge in [-0.1, -0.05) is 30.3 Å². The van der Waals surface area contributed by atoms with Gasteiger partial charge in [-0.05, 0) is 18.4 Å². The smallest absolute Gasteiger partial charge is 0.308 e. The van der Waals surface area contributed by atoms with E-state index < -0.39 is 18.2 Å². The van der Waals surface area contributed by atoms with Gasteiger partial charge in [0.05, 0.1) is 32.3 Å². The number of carbonyl (C=O) groups excluding carboxylic acids is 1. The van der Waals surface area contributed by atoms with Crippen molar-refractivity contribution in [3.05, 3.63) is 35.9 Å². The predicted molar refractivity (Wildman–Crippen MR) is 74.0 cm³/mol. The molecule has 5 heteroatoms. The first kappa shape index (κ1) is 16.6. The van der Waals surface area contributed by atoms with E-state index in [0.717, 1.165) is 5.56 Å². The number of ether oxygens (including phenoxy) is 2. The fourth-order valence-electron chi connectivity index (χ4n) is 1.77. The zero-order chi connectivity index (χ0) is 14.8. The number of aliphatic hydroxyl groups excluding tert-OH is 2. The lowest BCUT2D eigenvalue weighted by atomic mass is 10.1. The Labute approximate surface area is 119 Å². The summed E-state index contributed by atoms with van der Waals surface area (Å²) in [6, 6.07) is 9.76. The number of methoxy groups -OCH3 is 1. The van der Waals surface area contributed by atoms with Crippen LogP contribution >= 0.6 is 0 Å². The van der Waals surface area contributed by atoms with E-state index in [1.807, 2.05) is 30.3 Å². The zero-order valence-corrected chi connectivity index (χ0v) is 11.7. The summed E-state index contributed by atoms with van der Waals surface area (Å²) in [5.74, 6) is -0.481. The van der Waals surface area contributed by atoms with E-state index in [2.05, 4.69) is 4.74 Å². The standard InChI is InChI=1S/C15H22O5/c1-19-15(18)10-14(17)9-13(16)7-8-20-11-12-5-3-2-4-6-12/h2-6,13-14,16-17H,7-11H2,1H3/t13-,14+/m0/s1. The van der Waals surface area contributed by atoms with E-state index in [0.29, 0.717) is 19.6 Å². The van der Waals surface area contributed by atoms with Crippen molar-refractivity contribution in [1.82, 2.24) is 0 Å². The van der Waals surface area contributed by atoms with E-state index in [1.165, 1.54) is 7.11 Å². The van der Waals surface area contributed by atoms with Crippen LogP contribution in [-0.2, 0) is 20.9 Å². The second-order valence-corrected chi connectivity index (χ2v) is 4.65. The molecule has 0 heterocycles. The van der Waals surface area contributed by atoms with Crippen molar-refractivity contribution in [3.63, 3.8) is 0 Å². The molecule has 0 aromatic heterocycles. The molecule has 112 valence electrons. The molecule has 0 bridgehead atoms. The maximum atomic E-state index is 10.9. The molecule has 1 aromatic rings. The van der Waals surface area contributed by atoms with Gasteiger partial charge >= 0.3 is 5.97 Å². The Kier molecular flexibility index (Phi) is 7.87. The summed E-state index contributed by atoms with van der Waals surface area (Å²) in [5.41, 5.74) is 1.08. The van der Waals surface area contributed by atoms with E-state index >= 15 is 0 Å². The van der Waals surface area contributed by atoms with Crippen LogP contribution in [0.3, 0.4) is 0 Å². The topological polar surface area (TPSA) is 76.0 Å². The minimum absolute atomic E-state index is 0.0988. The number of hydrogen-bond donors (Lipinski definition) is 2. The zero-order valence-electron chi connectivity index (χ0n) is 11.7. The molecule has 0 unspecified atom stereocenters. The normalized spacial score (nSPS) is 13.8. The van der Waals surface area contributed by atoms with Crippen LogP contribution in [0.4, 0.5) is 0 Å². The lowest BCUT2D eigenvalue weighted by molar-refractivity contribution is -0.143. The molecular formula is C15H22O5. The van der Waals surface area contributed by atoms with Crippen LogP contribution in [-0.4, -0.2) is 42.1 Å². The SMILES string of the molecule is COC(=O)C[C@H](O)C[C@@H](O)CCOCc1ccccc1. The first-order valence-electron chi connectivity index (χ1n) is 6.66. The molecule has 5 nitrogen and oxygen atoms in total. The van der Waals surface area contributed by atoms with Gasteiger partial charge in [-0.25, -0.2) is 0 Å². The molecule has 0 saturated heterocycles. The molecule has 20 heavy (non-hydrogen) atoms. The molecule has 0 aliphatic rings. The number of aliphatic hydroxyl groups is 2. The first-order valence-corrected chi connectivity index (χ1v) is 6.66. The number of esters is 1. The first-order chi connectivity index (χ1) is 9.61. The molecule has 0 fully saturated rings. The maximum Gasteiger partial charge on any atom is 0.308 e. The van der Waals surface area contributed by atoms with Crippen molar-refractivity contribution in [2.45, 2.75) is 38.1 Å². The van der Waals surface area contributed by atoms with Gasteiger partial charge in [0.1, 0.15) is 0 Å². The number of benzene rings is 1. The van der Waals surface area contributed by atoms with Crippen molar-refractivity contribution < 1.29 is 24.5 Å². The van der Waals surface area contributed by atoms with Crippen LogP contribution in [0.25, 0.3) is 0 Å². The van der Waals surface area contributed by atoms with Crippen LogP contribution < -0.4 is 0 Å². The largest absolute Gasteiger partial charge is 0.469 e. The molecule has 2 N–H and O–H groups in total. The molecule has 0 aliphatic heterocycles. The molecule has 1 aromatic carbocycles. The minimum atomic E-state index is -0.883. The van der Waals surface area contributed by atoms with Gasteiger partial charge in [0.15, 0.2) is 0 Å². The highest BCUT2D eigenvalue weighted by Crippen LogP contribution is 2.08. The Balaban J connectivity index is 2.10. The van der Waals surface area contributed by atoms with E-state index in [1.54, 1.807) is 0 Å². The highest BCUT2D eigenvalue weighted by Gasteiger charge is 2.15. The minimum Gasteiger partial charge on any atom is -0.469 e. The van der Waals surface area contributed by atoms with Gasteiger partial charge in [0.2, 0.25) is 0 Å². The summed E-state index contributed by atoms with van der Waals surface area (Å²) >= 11 is 0. The lowest BCUT2D eigenvalue weighted by Gasteiger charge is -2.14. The summed E-state index contributed by atoms with van der Waals surface area (Å²) in [6.07, 6.45) is -1.11. The molecule has 0 spiro atoms. The van der Waals surface area contributed by atoms with E-state index in [4.69, 9.17) is 4.74 Å². The number of carbonyl (C=O) groups is 1. The van der Waals surface area contributed by atoms with Crippen LogP contribution in [0.2, 0.25) is 0 Å². The maximum absolute atomic E-state index is 10.9. The summed E-state index contributed by atoms with van der Waals surface area (Å²) in [7, 11) is 1.27. The van der Waals surface area contributed by atoms with Crippen molar-refractivity contribution in [1.29, 1.82) is 0 Å². The Bertz CT molecular complexity index is 379. The van der Waals surface area contributed by atoms with Gasteiger partial charge < -0.3 is 19.7 Å². The summed E-state index contributed by atoms with van der Waals surface area (Å²) in [5, 5.41) is 19.3. The Morgan fingerprint density at radius 2 is 1.90 bits per heavy atom. The number of rotatable bonds is 9. The fourth-order valence-corrected chi connectivity index (χ4v) is 1.77. The van der Waals surface area contributed by atoms with Gasteiger partial charge in [0.25, 0.3) is 0 Å². The summed E-state index contributed by atoms with van der Waals surface area (Å²) in [6.45, 7) is 0.902. The molecule has 2 atom stereocenters. The molecule has 0 amide bonds. The van der Waals surface area contributed by atoms with E-state index in [-0.39, 0.29) is 12.8 Å². The van der Waals surface area contributed by atoms with Gasteiger partial charge in [-0.3, -0.25) is 4.79 Å².